The monoisotopic (exact) mass is 254 g/mol. The number of rotatable bonds is 4. The van der Waals surface area contributed by atoms with Crippen LogP contribution in [-0.4, -0.2) is 0 Å². The summed E-state index contributed by atoms with van der Waals surface area (Å²) in [4.78, 5) is 20.8. The maximum absolute atomic E-state index is 10.4. The van der Waals surface area contributed by atoms with Crippen LogP contribution in [-0.2, 0) is 5.41 Å². The molecule has 2 aromatic carbocycles. The van der Waals surface area contributed by atoms with E-state index in [1.807, 2.05) is 24.3 Å². The molecule has 0 saturated carbocycles. The van der Waals surface area contributed by atoms with E-state index in [0.717, 1.165) is 11.1 Å². The summed E-state index contributed by atoms with van der Waals surface area (Å²) in [6, 6.07) is 14.4. The fraction of sp³-hybridized carbons (Fsp3) is 0.200. The van der Waals surface area contributed by atoms with Gasteiger partial charge in [0.15, 0.2) is 0 Å². The van der Waals surface area contributed by atoms with E-state index in [9.17, 15) is 9.81 Å². The lowest BCUT2D eigenvalue weighted by Gasteiger charge is -2.26. The van der Waals surface area contributed by atoms with Crippen LogP contribution in [0.3, 0.4) is 0 Å². The second-order valence-corrected chi connectivity index (χ2v) is 4.90. The molecule has 0 spiro atoms. The molecule has 0 unspecified atom stereocenters. The van der Waals surface area contributed by atoms with Crippen LogP contribution in [0.25, 0.3) is 0 Å². The fourth-order valence-corrected chi connectivity index (χ4v) is 2.04. The molecule has 0 fully saturated rings. The Morgan fingerprint density at radius 2 is 1.00 bits per heavy atom. The summed E-state index contributed by atoms with van der Waals surface area (Å²) in [6.07, 6.45) is 0. The van der Waals surface area contributed by atoms with E-state index in [2.05, 4.69) is 24.2 Å². The first-order valence-corrected chi connectivity index (χ1v) is 5.96. The van der Waals surface area contributed by atoms with Crippen LogP contribution in [0.15, 0.2) is 58.9 Å². The average molecular weight is 254 g/mol. The highest BCUT2D eigenvalue weighted by Gasteiger charge is 2.22. The highest BCUT2D eigenvalue weighted by atomic mass is 16.3. The van der Waals surface area contributed by atoms with Gasteiger partial charge in [0.2, 0.25) is 0 Å². The normalized spacial score (nSPS) is 11.1. The first kappa shape index (κ1) is 13.1. The van der Waals surface area contributed by atoms with Crippen LogP contribution >= 0.6 is 0 Å². The third kappa shape index (κ3) is 2.57. The summed E-state index contributed by atoms with van der Waals surface area (Å²) >= 11 is 0. The molecule has 0 radical (unpaired) electrons. The van der Waals surface area contributed by atoms with Gasteiger partial charge in [0, 0.05) is 5.41 Å². The third-order valence-electron chi connectivity index (χ3n) is 3.39. The SMILES string of the molecule is CC(C)(c1ccc(N=O)cc1)c1ccc(N=O)cc1. The Morgan fingerprint density at radius 3 is 1.26 bits per heavy atom. The Hall–Kier alpha value is -2.36. The van der Waals surface area contributed by atoms with Crippen LogP contribution in [0.4, 0.5) is 11.4 Å². The quantitative estimate of drug-likeness (QED) is 0.735. The van der Waals surface area contributed by atoms with Crippen molar-refractivity contribution in [1.29, 1.82) is 0 Å². The molecule has 0 amide bonds. The van der Waals surface area contributed by atoms with Crippen molar-refractivity contribution in [3.63, 3.8) is 0 Å². The Morgan fingerprint density at radius 1 is 0.684 bits per heavy atom. The van der Waals surface area contributed by atoms with Crippen LogP contribution < -0.4 is 0 Å². The van der Waals surface area contributed by atoms with E-state index in [1.54, 1.807) is 24.3 Å². The zero-order valence-corrected chi connectivity index (χ0v) is 10.8. The molecule has 0 N–H and O–H groups in total. The molecular formula is C15H14N2O2. The number of nitrogens with zero attached hydrogens (tertiary/aromatic N) is 2. The predicted octanol–water partition coefficient (Wildman–Crippen LogP) is 4.81. The van der Waals surface area contributed by atoms with Gasteiger partial charge < -0.3 is 0 Å². The molecule has 2 rings (SSSR count). The van der Waals surface area contributed by atoms with Crippen molar-refractivity contribution in [2.45, 2.75) is 19.3 Å². The van der Waals surface area contributed by atoms with Crippen molar-refractivity contribution in [1.82, 2.24) is 0 Å². The van der Waals surface area contributed by atoms with Crippen LogP contribution in [0.2, 0.25) is 0 Å². The first-order chi connectivity index (χ1) is 9.07. The van der Waals surface area contributed by atoms with Crippen LogP contribution in [0, 0.1) is 9.81 Å². The molecule has 0 aliphatic carbocycles. The molecule has 4 nitrogen and oxygen atoms in total. The molecule has 0 aromatic heterocycles. The highest BCUT2D eigenvalue weighted by Crippen LogP contribution is 2.33. The number of benzene rings is 2. The van der Waals surface area contributed by atoms with Crippen molar-refractivity contribution >= 4 is 11.4 Å². The molecule has 0 aliphatic rings. The van der Waals surface area contributed by atoms with Crippen molar-refractivity contribution < 1.29 is 0 Å². The Labute approximate surface area is 111 Å². The van der Waals surface area contributed by atoms with Gasteiger partial charge in [0.05, 0.1) is 0 Å². The molecule has 0 atom stereocenters. The van der Waals surface area contributed by atoms with Gasteiger partial charge in [-0.1, -0.05) is 38.1 Å². The maximum Gasteiger partial charge on any atom is 0.108 e. The molecule has 96 valence electrons. The Balaban J connectivity index is 2.38. The molecule has 0 saturated heterocycles. The van der Waals surface area contributed by atoms with Crippen LogP contribution in [0.5, 0.6) is 0 Å². The molecular weight excluding hydrogens is 240 g/mol. The van der Waals surface area contributed by atoms with E-state index >= 15 is 0 Å². The number of nitroso groups, excluding NO2 is 2. The van der Waals surface area contributed by atoms with E-state index in [4.69, 9.17) is 0 Å². The van der Waals surface area contributed by atoms with E-state index in [-0.39, 0.29) is 5.41 Å². The van der Waals surface area contributed by atoms with Gasteiger partial charge >= 0.3 is 0 Å². The van der Waals surface area contributed by atoms with Crippen molar-refractivity contribution in [3.05, 3.63) is 69.5 Å². The van der Waals surface area contributed by atoms with E-state index < -0.39 is 0 Å². The predicted molar refractivity (Wildman–Crippen MR) is 75.9 cm³/mol. The van der Waals surface area contributed by atoms with Gasteiger partial charge in [0.25, 0.3) is 0 Å². The summed E-state index contributed by atoms with van der Waals surface area (Å²) in [5, 5.41) is 5.78. The van der Waals surface area contributed by atoms with Gasteiger partial charge in [-0.15, -0.1) is 9.81 Å². The number of hydrogen-bond acceptors (Lipinski definition) is 4. The lowest BCUT2D eigenvalue weighted by atomic mass is 9.78. The highest BCUT2D eigenvalue weighted by molar-refractivity contribution is 5.47. The summed E-state index contributed by atoms with van der Waals surface area (Å²) in [5.41, 5.74) is 2.77. The largest absolute Gasteiger partial charge is 0.145 e. The lowest BCUT2D eigenvalue weighted by Crippen LogP contribution is -2.18. The lowest BCUT2D eigenvalue weighted by molar-refractivity contribution is 0.641. The zero-order valence-electron chi connectivity index (χ0n) is 10.8. The molecule has 19 heavy (non-hydrogen) atoms. The topological polar surface area (TPSA) is 58.9 Å². The zero-order chi connectivity index (χ0) is 13.9. The minimum atomic E-state index is -0.219. The first-order valence-electron chi connectivity index (χ1n) is 5.96. The van der Waals surface area contributed by atoms with Gasteiger partial charge in [-0.2, -0.15) is 0 Å². The van der Waals surface area contributed by atoms with Gasteiger partial charge in [-0.3, -0.25) is 0 Å². The Kier molecular flexibility index (Phi) is 3.51. The average Bonchev–Trinajstić information content (AvgIpc) is 2.47. The van der Waals surface area contributed by atoms with Crippen molar-refractivity contribution in [3.8, 4) is 0 Å². The van der Waals surface area contributed by atoms with E-state index in [1.165, 1.54) is 0 Å². The minimum absolute atomic E-state index is 0.219. The molecule has 4 heteroatoms. The fourth-order valence-electron chi connectivity index (χ4n) is 2.04. The minimum Gasteiger partial charge on any atom is -0.145 e. The summed E-state index contributed by atoms with van der Waals surface area (Å²) in [6.45, 7) is 4.17. The van der Waals surface area contributed by atoms with E-state index in [0.29, 0.717) is 11.4 Å². The Bertz CT molecular complexity index is 533. The summed E-state index contributed by atoms with van der Waals surface area (Å²) < 4.78 is 0. The summed E-state index contributed by atoms with van der Waals surface area (Å²) in [7, 11) is 0. The second kappa shape index (κ2) is 5.10. The van der Waals surface area contributed by atoms with Crippen molar-refractivity contribution in [2.24, 2.45) is 10.4 Å². The smallest absolute Gasteiger partial charge is 0.108 e. The molecule has 0 bridgehead atoms. The third-order valence-corrected chi connectivity index (χ3v) is 3.39. The van der Waals surface area contributed by atoms with Gasteiger partial charge in [0.1, 0.15) is 11.4 Å². The standard InChI is InChI=1S/C15H14N2O2/c1-15(2,11-3-7-13(16-18)8-4-11)12-5-9-14(17-19)10-6-12/h3-10H,1-2H3. The maximum atomic E-state index is 10.4. The molecule has 0 heterocycles. The van der Waals surface area contributed by atoms with Gasteiger partial charge in [-0.05, 0) is 45.7 Å². The van der Waals surface area contributed by atoms with Gasteiger partial charge in [-0.25, -0.2) is 0 Å². The summed E-state index contributed by atoms with van der Waals surface area (Å²) in [5.74, 6) is 0. The second-order valence-electron chi connectivity index (χ2n) is 4.90. The number of hydrogen-bond donors (Lipinski definition) is 0. The molecule has 2 aromatic rings. The molecule has 0 aliphatic heterocycles. The van der Waals surface area contributed by atoms with Crippen molar-refractivity contribution in [2.75, 3.05) is 0 Å². The van der Waals surface area contributed by atoms with Crippen LogP contribution in [0.1, 0.15) is 25.0 Å².